The fourth-order valence-corrected chi connectivity index (χ4v) is 1.84. The van der Waals surface area contributed by atoms with Crippen LogP contribution in [0, 0.1) is 0 Å². The molecule has 1 atom stereocenters. The number of nitrogens with one attached hydrogen (secondary N) is 2. The van der Waals surface area contributed by atoms with Crippen molar-refractivity contribution in [3.05, 3.63) is 29.8 Å². The maximum Gasteiger partial charge on any atom is 0.234 e. The van der Waals surface area contributed by atoms with Crippen molar-refractivity contribution in [3.63, 3.8) is 0 Å². The third kappa shape index (κ3) is 5.30. The van der Waals surface area contributed by atoms with Crippen LogP contribution in [0.15, 0.2) is 24.3 Å². The smallest absolute Gasteiger partial charge is 0.234 e. The molecule has 0 radical (unpaired) electrons. The highest BCUT2D eigenvalue weighted by Gasteiger charge is 2.15. The number of methoxy groups -OCH3 is 1. The molecule has 106 valence electrons. The Morgan fingerprint density at radius 1 is 1.32 bits per heavy atom. The van der Waals surface area contributed by atoms with E-state index in [-0.39, 0.29) is 24.0 Å². The van der Waals surface area contributed by atoms with Crippen LogP contribution < -0.4 is 15.4 Å². The van der Waals surface area contributed by atoms with Crippen LogP contribution in [0.3, 0.4) is 0 Å². The van der Waals surface area contributed by atoms with E-state index in [1.165, 1.54) is 0 Å². The summed E-state index contributed by atoms with van der Waals surface area (Å²) >= 11 is 0. The highest BCUT2D eigenvalue weighted by molar-refractivity contribution is 5.78. The highest BCUT2D eigenvalue weighted by atomic mass is 16.5. The largest absolute Gasteiger partial charge is 0.496 e. The van der Waals surface area contributed by atoms with Crippen molar-refractivity contribution >= 4 is 5.91 Å². The average molecular weight is 264 g/mol. The third-order valence-electron chi connectivity index (χ3n) is 2.69. The van der Waals surface area contributed by atoms with E-state index in [1.807, 2.05) is 52.0 Å². The minimum absolute atomic E-state index is 0.00533. The Labute approximate surface area is 115 Å². The van der Waals surface area contributed by atoms with Gasteiger partial charge in [-0.05, 0) is 33.8 Å². The van der Waals surface area contributed by atoms with E-state index in [0.29, 0.717) is 0 Å². The number of amides is 1. The number of hydrogen-bond acceptors (Lipinski definition) is 3. The first kappa shape index (κ1) is 15.5. The first-order valence-corrected chi connectivity index (χ1v) is 6.51. The molecule has 0 aromatic heterocycles. The first-order valence-electron chi connectivity index (χ1n) is 6.51. The topological polar surface area (TPSA) is 50.4 Å². The number of carbonyl (C=O) groups is 1. The highest BCUT2D eigenvalue weighted by Crippen LogP contribution is 2.23. The van der Waals surface area contributed by atoms with Gasteiger partial charge in [0.1, 0.15) is 5.75 Å². The lowest BCUT2D eigenvalue weighted by Crippen LogP contribution is -2.45. The van der Waals surface area contributed by atoms with Crippen LogP contribution in [0.25, 0.3) is 0 Å². The van der Waals surface area contributed by atoms with Gasteiger partial charge in [-0.15, -0.1) is 0 Å². The number of rotatable bonds is 5. The molecular formula is C15H24N2O2. The van der Waals surface area contributed by atoms with Gasteiger partial charge in [0.15, 0.2) is 0 Å². The van der Waals surface area contributed by atoms with E-state index in [0.717, 1.165) is 11.3 Å². The summed E-state index contributed by atoms with van der Waals surface area (Å²) in [6.45, 7) is 8.20. The Bertz CT molecular complexity index is 424. The summed E-state index contributed by atoms with van der Waals surface area (Å²) in [5.74, 6) is 0.827. The van der Waals surface area contributed by atoms with E-state index in [4.69, 9.17) is 4.74 Å². The molecule has 1 amide bonds. The number of hydrogen-bond donors (Lipinski definition) is 2. The van der Waals surface area contributed by atoms with Crippen LogP contribution in [0.2, 0.25) is 0 Å². The SMILES string of the molecule is COc1ccccc1[C@H](C)NCC(=O)NC(C)(C)C. The number of benzene rings is 1. The van der Waals surface area contributed by atoms with Crippen molar-refractivity contribution in [2.75, 3.05) is 13.7 Å². The van der Waals surface area contributed by atoms with Gasteiger partial charge in [0.2, 0.25) is 5.91 Å². The predicted octanol–water partition coefficient (Wildman–Crippen LogP) is 2.26. The Balaban J connectivity index is 2.56. The van der Waals surface area contributed by atoms with Crippen LogP contribution in [-0.4, -0.2) is 25.1 Å². The molecule has 0 fully saturated rings. The van der Waals surface area contributed by atoms with Crippen LogP contribution >= 0.6 is 0 Å². The molecule has 0 saturated carbocycles. The number of para-hydroxylation sites is 1. The Morgan fingerprint density at radius 2 is 1.95 bits per heavy atom. The van der Waals surface area contributed by atoms with Gasteiger partial charge in [-0.25, -0.2) is 0 Å². The van der Waals surface area contributed by atoms with Crippen LogP contribution in [0.1, 0.15) is 39.3 Å². The maximum atomic E-state index is 11.7. The zero-order valence-electron chi connectivity index (χ0n) is 12.4. The third-order valence-corrected chi connectivity index (χ3v) is 2.69. The number of carbonyl (C=O) groups excluding carboxylic acids is 1. The van der Waals surface area contributed by atoms with Crippen molar-refractivity contribution in [2.45, 2.75) is 39.3 Å². The molecule has 1 aromatic rings. The Morgan fingerprint density at radius 3 is 2.53 bits per heavy atom. The lowest BCUT2D eigenvalue weighted by molar-refractivity contribution is -0.121. The van der Waals surface area contributed by atoms with Gasteiger partial charge in [-0.1, -0.05) is 18.2 Å². The van der Waals surface area contributed by atoms with E-state index in [1.54, 1.807) is 7.11 Å². The zero-order valence-corrected chi connectivity index (χ0v) is 12.4. The molecule has 0 spiro atoms. The van der Waals surface area contributed by atoms with Crippen molar-refractivity contribution in [2.24, 2.45) is 0 Å². The van der Waals surface area contributed by atoms with Crippen molar-refractivity contribution < 1.29 is 9.53 Å². The fraction of sp³-hybridized carbons (Fsp3) is 0.533. The van der Waals surface area contributed by atoms with Crippen molar-refractivity contribution in [3.8, 4) is 5.75 Å². The Kier molecular flexibility index (Phi) is 5.36. The predicted molar refractivity (Wildman–Crippen MR) is 77.3 cm³/mol. The molecule has 0 bridgehead atoms. The summed E-state index contributed by atoms with van der Waals surface area (Å²) in [4.78, 5) is 11.7. The monoisotopic (exact) mass is 264 g/mol. The minimum atomic E-state index is -0.202. The molecule has 0 heterocycles. The molecule has 1 rings (SSSR count). The molecule has 1 aromatic carbocycles. The molecule has 0 aliphatic carbocycles. The Hall–Kier alpha value is -1.55. The summed E-state index contributed by atoms with van der Waals surface area (Å²) in [7, 11) is 1.65. The normalized spacial score (nSPS) is 12.9. The summed E-state index contributed by atoms with van der Waals surface area (Å²) in [6.07, 6.45) is 0. The molecule has 19 heavy (non-hydrogen) atoms. The quantitative estimate of drug-likeness (QED) is 0.857. The van der Waals surface area contributed by atoms with E-state index >= 15 is 0 Å². The van der Waals surface area contributed by atoms with Gasteiger partial charge in [0.05, 0.1) is 13.7 Å². The molecule has 4 nitrogen and oxygen atoms in total. The summed E-state index contributed by atoms with van der Waals surface area (Å²) in [5, 5.41) is 6.13. The molecular weight excluding hydrogens is 240 g/mol. The van der Waals surface area contributed by atoms with Gasteiger partial charge in [0.25, 0.3) is 0 Å². The van der Waals surface area contributed by atoms with Crippen LogP contribution in [0.5, 0.6) is 5.75 Å². The molecule has 0 unspecified atom stereocenters. The number of ether oxygens (including phenoxy) is 1. The first-order chi connectivity index (χ1) is 8.83. The van der Waals surface area contributed by atoms with Crippen LogP contribution in [-0.2, 0) is 4.79 Å². The summed E-state index contributed by atoms with van der Waals surface area (Å²) in [5.41, 5.74) is 0.848. The van der Waals surface area contributed by atoms with Gasteiger partial charge in [-0.2, -0.15) is 0 Å². The molecule has 0 aliphatic rings. The van der Waals surface area contributed by atoms with Crippen molar-refractivity contribution in [1.82, 2.24) is 10.6 Å². The van der Waals surface area contributed by atoms with Gasteiger partial charge < -0.3 is 15.4 Å². The van der Waals surface area contributed by atoms with E-state index < -0.39 is 0 Å². The molecule has 0 aliphatic heterocycles. The van der Waals surface area contributed by atoms with E-state index in [9.17, 15) is 4.79 Å². The van der Waals surface area contributed by atoms with Gasteiger partial charge in [0, 0.05) is 17.1 Å². The fourth-order valence-electron chi connectivity index (χ4n) is 1.84. The second kappa shape index (κ2) is 6.57. The second-order valence-corrected chi connectivity index (χ2v) is 5.64. The lowest BCUT2D eigenvalue weighted by atomic mass is 10.1. The summed E-state index contributed by atoms with van der Waals surface area (Å²) in [6, 6.07) is 7.87. The molecule has 4 heteroatoms. The molecule has 0 saturated heterocycles. The maximum absolute atomic E-state index is 11.7. The van der Waals surface area contributed by atoms with Crippen molar-refractivity contribution in [1.29, 1.82) is 0 Å². The second-order valence-electron chi connectivity index (χ2n) is 5.64. The molecule has 2 N–H and O–H groups in total. The lowest BCUT2D eigenvalue weighted by Gasteiger charge is -2.22. The van der Waals surface area contributed by atoms with Gasteiger partial charge in [-0.3, -0.25) is 4.79 Å². The van der Waals surface area contributed by atoms with E-state index in [2.05, 4.69) is 10.6 Å². The minimum Gasteiger partial charge on any atom is -0.496 e. The van der Waals surface area contributed by atoms with Gasteiger partial charge >= 0.3 is 0 Å². The summed E-state index contributed by atoms with van der Waals surface area (Å²) < 4.78 is 5.31. The average Bonchev–Trinajstić information content (AvgIpc) is 2.33. The zero-order chi connectivity index (χ0) is 14.5. The van der Waals surface area contributed by atoms with Crippen LogP contribution in [0.4, 0.5) is 0 Å². The standard InChI is InChI=1S/C15H24N2O2/c1-11(12-8-6-7-9-13(12)19-5)16-10-14(18)17-15(2,3)4/h6-9,11,16H,10H2,1-5H3,(H,17,18)/t11-/m0/s1.